The number of benzene rings is 2. The van der Waals surface area contributed by atoms with Crippen molar-refractivity contribution in [2.45, 2.75) is 20.0 Å². The molecule has 0 bridgehead atoms. The van der Waals surface area contributed by atoms with Crippen LogP contribution in [0.3, 0.4) is 0 Å². The molecule has 1 N–H and O–H groups in total. The number of esters is 1. The zero-order valence-electron chi connectivity index (χ0n) is 12.0. The number of anilines is 1. The van der Waals surface area contributed by atoms with Gasteiger partial charge in [0.25, 0.3) is 5.91 Å². The van der Waals surface area contributed by atoms with Gasteiger partial charge in [-0.3, -0.25) is 4.79 Å². The molecule has 0 aromatic heterocycles. The van der Waals surface area contributed by atoms with E-state index >= 15 is 0 Å². The summed E-state index contributed by atoms with van der Waals surface area (Å²) in [5.41, 5.74) is 2.21. The van der Waals surface area contributed by atoms with Gasteiger partial charge in [0, 0.05) is 5.69 Å². The van der Waals surface area contributed by atoms with E-state index in [1.165, 1.54) is 0 Å². The summed E-state index contributed by atoms with van der Waals surface area (Å²) in [6.45, 7) is 3.51. The molecule has 0 radical (unpaired) electrons. The summed E-state index contributed by atoms with van der Waals surface area (Å²) in [5.74, 6) is -0.870. The van der Waals surface area contributed by atoms with E-state index in [0.717, 1.165) is 5.56 Å². The zero-order chi connectivity index (χ0) is 15.2. The number of nitrogens with one attached hydrogen (secondary N) is 1. The highest BCUT2D eigenvalue weighted by Crippen LogP contribution is 2.10. The molecule has 108 valence electrons. The Bertz CT molecular complexity index is 620. The molecule has 0 fully saturated rings. The minimum atomic E-state index is -0.862. The summed E-state index contributed by atoms with van der Waals surface area (Å²) in [6.07, 6.45) is -0.862. The maximum atomic E-state index is 12.0. The SMILES string of the molecule is Cc1ccc(NC(=O)[C@H](C)OC(=O)c2ccccc2)cc1. The minimum Gasteiger partial charge on any atom is -0.449 e. The van der Waals surface area contributed by atoms with Crippen molar-refractivity contribution >= 4 is 17.6 Å². The third-order valence-electron chi connectivity index (χ3n) is 2.98. The summed E-state index contributed by atoms with van der Waals surface area (Å²) >= 11 is 0. The zero-order valence-corrected chi connectivity index (χ0v) is 12.0. The van der Waals surface area contributed by atoms with E-state index in [1.54, 1.807) is 43.3 Å². The molecule has 2 aromatic carbocycles. The third-order valence-corrected chi connectivity index (χ3v) is 2.98. The molecule has 4 nitrogen and oxygen atoms in total. The van der Waals surface area contributed by atoms with Crippen LogP contribution in [0.5, 0.6) is 0 Å². The van der Waals surface area contributed by atoms with Crippen molar-refractivity contribution < 1.29 is 14.3 Å². The first-order chi connectivity index (χ1) is 10.1. The number of hydrogen-bond donors (Lipinski definition) is 1. The van der Waals surface area contributed by atoms with Crippen molar-refractivity contribution in [1.82, 2.24) is 0 Å². The van der Waals surface area contributed by atoms with Gasteiger partial charge in [0.15, 0.2) is 6.10 Å². The standard InChI is InChI=1S/C17H17NO3/c1-12-8-10-15(11-9-12)18-16(19)13(2)21-17(20)14-6-4-3-5-7-14/h3-11,13H,1-2H3,(H,18,19)/t13-/m0/s1. The van der Waals surface area contributed by atoms with Crippen LogP contribution in [-0.4, -0.2) is 18.0 Å². The van der Waals surface area contributed by atoms with Gasteiger partial charge in [-0.25, -0.2) is 4.79 Å². The van der Waals surface area contributed by atoms with Crippen LogP contribution in [0, 0.1) is 6.92 Å². The number of aryl methyl sites for hydroxylation is 1. The fraction of sp³-hybridized carbons (Fsp3) is 0.176. The molecule has 0 saturated heterocycles. The van der Waals surface area contributed by atoms with Gasteiger partial charge in [0.05, 0.1) is 5.56 Å². The highest BCUT2D eigenvalue weighted by atomic mass is 16.5. The van der Waals surface area contributed by atoms with Crippen LogP contribution in [-0.2, 0) is 9.53 Å². The Morgan fingerprint density at radius 2 is 1.62 bits per heavy atom. The van der Waals surface area contributed by atoms with E-state index in [0.29, 0.717) is 11.3 Å². The Labute approximate surface area is 123 Å². The molecule has 1 amide bonds. The van der Waals surface area contributed by atoms with Gasteiger partial charge in [-0.05, 0) is 38.1 Å². The van der Waals surface area contributed by atoms with Crippen LogP contribution in [0.2, 0.25) is 0 Å². The lowest BCUT2D eigenvalue weighted by Crippen LogP contribution is -2.29. The number of carbonyl (C=O) groups excluding carboxylic acids is 2. The summed E-state index contributed by atoms with van der Waals surface area (Å²) in [6, 6.07) is 16.0. The Balaban J connectivity index is 1.93. The average molecular weight is 283 g/mol. The third kappa shape index (κ3) is 4.18. The summed E-state index contributed by atoms with van der Waals surface area (Å²) in [4.78, 5) is 23.8. The molecule has 0 aliphatic heterocycles. The average Bonchev–Trinajstić information content (AvgIpc) is 2.50. The van der Waals surface area contributed by atoms with Crippen molar-refractivity contribution in [2.24, 2.45) is 0 Å². The smallest absolute Gasteiger partial charge is 0.338 e. The van der Waals surface area contributed by atoms with Crippen molar-refractivity contribution in [2.75, 3.05) is 5.32 Å². The maximum absolute atomic E-state index is 12.0. The molecule has 0 unspecified atom stereocenters. The van der Waals surface area contributed by atoms with Crippen LogP contribution in [0.1, 0.15) is 22.8 Å². The molecule has 2 rings (SSSR count). The quantitative estimate of drug-likeness (QED) is 0.877. The number of ether oxygens (including phenoxy) is 1. The highest BCUT2D eigenvalue weighted by molar-refractivity contribution is 5.97. The van der Waals surface area contributed by atoms with Crippen molar-refractivity contribution in [3.63, 3.8) is 0 Å². The molecule has 21 heavy (non-hydrogen) atoms. The molecule has 0 saturated carbocycles. The van der Waals surface area contributed by atoms with E-state index < -0.39 is 12.1 Å². The molecule has 0 spiro atoms. The lowest BCUT2D eigenvalue weighted by molar-refractivity contribution is -0.123. The number of hydrogen-bond acceptors (Lipinski definition) is 3. The first-order valence-corrected chi connectivity index (χ1v) is 6.70. The van der Waals surface area contributed by atoms with Gasteiger partial charge in [-0.2, -0.15) is 0 Å². The van der Waals surface area contributed by atoms with Crippen LogP contribution >= 0.6 is 0 Å². The predicted octanol–water partition coefficient (Wildman–Crippen LogP) is 3.18. The minimum absolute atomic E-state index is 0.358. The highest BCUT2D eigenvalue weighted by Gasteiger charge is 2.18. The van der Waals surface area contributed by atoms with E-state index in [2.05, 4.69) is 5.32 Å². The molecular formula is C17H17NO3. The van der Waals surface area contributed by atoms with E-state index in [9.17, 15) is 9.59 Å². The summed E-state index contributed by atoms with van der Waals surface area (Å²) < 4.78 is 5.14. The van der Waals surface area contributed by atoms with Crippen LogP contribution in [0.4, 0.5) is 5.69 Å². The maximum Gasteiger partial charge on any atom is 0.338 e. The van der Waals surface area contributed by atoms with Gasteiger partial charge in [0.2, 0.25) is 0 Å². The van der Waals surface area contributed by atoms with Gasteiger partial charge < -0.3 is 10.1 Å². The van der Waals surface area contributed by atoms with Gasteiger partial charge >= 0.3 is 5.97 Å². The molecule has 2 aromatic rings. The number of carbonyl (C=O) groups is 2. The number of amides is 1. The molecule has 4 heteroatoms. The van der Waals surface area contributed by atoms with Gasteiger partial charge in [0.1, 0.15) is 0 Å². The van der Waals surface area contributed by atoms with Crippen molar-refractivity contribution in [3.8, 4) is 0 Å². The molecule has 0 heterocycles. The van der Waals surface area contributed by atoms with Crippen molar-refractivity contribution in [1.29, 1.82) is 0 Å². The molecule has 0 aliphatic rings. The van der Waals surface area contributed by atoms with Crippen LogP contribution < -0.4 is 5.32 Å². The Morgan fingerprint density at radius 3 is 2.24 bits per heavy atom. The van der Waals surface area contributed by atoms with E-state index in [4.69, 9.17) is 4.74 Å². The largest absolute Gasteiger partial charge is 0.449 e. The summed E-state index contributed by atoms with van der Waals surface area (Å²) in [5, 5.41) is 2.71. The molecule has 1 atom stereocenters. The second-order valence-electron chi connectivity index (χ2n) is 4.77. The number of rotatable bonds is 4. The van der Waals surface area contributed by atoms with Gasteiger partial charge in [-0.15, -0.1) is 0 Å². The lowest BCUT2D eigenvalue weighted by Gasteiger charge is -2.13. The Morgan fingerprint density at radius 1 is 1.00 bits per heavy atom. The lowest BCUT2D eigenvalue weighted by atomic mass is 10.2. The normalized spacial score (nSPS) is 11.5. The Kier molecular flexibility index (Phi) is 4.72. The van der Waals surface area contributed by atoms with Crippen LogP contribution in [0.25, 0.3) is 0 Å². The van der Waals surface area contributed by atoms with Gasteiger partial charge in [-0.1, -0.05) is 35.9 Å². The predicted molar refractivity (Wildman–Crippen MR) is 81.1 cm³/mol. The fourth-order valence-electron chi connectivity index (χ4n) is 1.74. The van der Waals surface area contributed by atoms with Crippen LogP contribution in [0.15, 0.2) is 54.6 Å². The van der Waals surface area contributed by atoms with E-state index in [-0.39, 0.29) is 5.91 Å². The first kappa shape index (κ1) is 14.8. The van der Waals surface area contributed by atoms with Crippen molar-refractivity contribution in [3.05, 3.63) is 65.7 Å². The second kappa shape index (κ2) is 6.70. The topological polar surface area (TPSA) is 55.4 Å². The first-order valence-electron chi connectivity index (χ1n) is 6.70. The second-order valence-corrected chi connectivity index (χ2v) is 4.77. The molecular weight excluding hydrogens is 266 g/mol. The fourth-order valence-corrected chi connectivity index (χ4v) is 1.74. The van der Waals surface area contributed by atoms with E-state index in [1.807, 2.05) is 25.1 Å². The monoisotopic (exact) mass is 283 g/mol. The Hall–Kier alpha value is -2.62. The molecule has 0 aliphatic carbocycles. The summed E-state index contributed by atoms with van der Waals surface area (Å²) in [7, 11) is 0.